The summed E-state index contributed by atoms with van der Waals surface area (Å²) in [5.41, 5.74) is 0. The first-order valence-corrected chi connectivity index (χ1v) is 3.81. The summed E-state index contributed by atoms with van der Waals surface area (Å²) < 4.78 is 0. The van der Waals surface area contributed by atoms with Crippen molar-refractivity contribution < 1.29 is 5.11 Å². The summed E-state index contributed by atoms with van der Waals surface area (Å²) in [6.45, 7) is 0. The quantitative estimate of drug-likeness (QED) is 0.489. The molecular formula is C5H8OS. The van der Waals surface area contributed by atoms with Gasteiger partial charge in [-0.05, 0) is 10.8 Å². The van der Waals surface area contributed by atoms with Crippen LogP contribution in [0.4, 0.5) is 0 Å². The normalized spacial score (nSPS) is 21.6. The maximum absolute atomic E-state index is 8.49. The highest BCUT2D eigenvalue weighted by molar-refractivity contribution is 8.22. The molecular weight excluding hydrogens is 108 g/mol. The van der Waals surface area contributed by atoms with Crippen molar-refractivity contribution in [3.63, 3.8) is 0 Å². The van der Waals surface area contributed by atoms with E-state index >= 15 is 0 Å². The molecule has 0 amide bonds. The second-order valence-electron chi connectivity index (χ2n) is 1.34. The highest BCUT2D eigenvalue weighted by Gasteiger charge is 1.92. The Morgan fingerprint density at radius 1 is 1.29 bits per heavy atom. The maximum atomic E-state index is 8.49. The highest BCUT2D eigenvalue weighted by atomic mass is 32.2. The van der Waals surface area contributed by atoms with Crippen LogP contribution in [-0.2, 0) is 0 Å². The van der Waals surface area contributed by atoms with Crippen LogP contribution in [0.3, 0.4) is 0 Å². The lowest BCUT2D eigenvalue weighted by Crippen LogP contribution is -1.73. The van der Waals surface area contributed by atoms with Gasteiger partial charge in [-0.1, -0.05) is 12.2 Å². The predicted octanol–water partition coefficient (Wildman–Crippen LogP) is 0.978. The third kappa shape index (κ3) is 1.08. The van der Waals surface area contributed by atoms with Crippen LogP contribution in [0.15, 0.2) is 23.0 Å². The van der Waals surface area contributed by atoms with E-state index in [1.807, 2.05) is 23.0 Å². The molecule has 2 heteroatoms. The zero-order valence-corrected chi connectivity index (χ0v) is 4.81. The Hall–Kier alpha value is -0.210. The fraction of sp³-hybridized carbons (Fsp3) is 0.200. The zero-order chi connectivity index (χ0) is 5.11. The molecule has 1 aliphatic heterocycles. The zero-order valence-electron chi connectivity index (χ0n) is 3.91. The molecule has 1 N–H and O–H groups in total. The summed E-state index contributed by atoms with van der Waals surface area (Å²) in [6, 6.07) is 0. The van der Waals surface area contributed by atoms with Gasteiger partial charge in [0.05, 0.1) is 5.94 Å². The van der Waals surface area contributed by atoms with Crippen molar-refractivity contribution in [3.8, 4) is 0 Å². The molecule has 0 aromatic carbocycles. The number of hydrogen-bond donors (Lipinski definition) is 2. The number of rotatable bonds is 1. The smallest absolute Gasteiger partial charge is 0.0775 e. The predicted molar refractivity (Wildman–Crippen MR) is 34.4 cm³/mol. The molecule has 0 aromatic rings. The fourth-order valence-electron chi connectivity index (χ4n) is 0.464. The van der Waals surface area contributed by atoms with Crippen molar-refractivity contribution in [1.82, 2.24) is 0 Å². The topological polar surface area (TPSA) is 20.2 Å². The van der Waals surface area contributed by atoms with Crippen LogP contribution in [0.1, 0.15) is 0 Å². The van der Waals surface area contributed by atoms with Gasteiger partial charge in [0.15, 0.2) is 0 Å². The van der Waals surface area contributed by atoms with E-state index in [4.69, 9.17) is 5.11 Å². The molecule has 0 unspecified atom stereocenters. The summed E-state index contributed by atoms with van der Waals surface area (Å²) in [6.07, 6.45) is 3.95. The third-order valence-electron chi connectivity index (χ3n) is 0.829. The molecule has 0 bridgehead atoms. The summed E-state index contributed by atoms with van der Waals surface area (Å²) in [7, 11) is -0.248. The molecule has 0 atom stereocenters. The van der Waals surface area contributed by atoms with E-state index in [0.717, 1.165) is 0 Å². The molecule has 7 heavy (non-hydrogen) atoms. The molecule has 1 aliphatic rings. The molecule has 0 spiro atoms. The van der Waals surface area contributed by atoms with Crippen molar-refractivity contribution in [3.05, 3.63) is 23.0 Å². The number of allylic oxidation sites excluding steroid dienone is 2. The van der Waals surface area contributed by atoms with Gasteiger partial charge in [-0.15, -0.1) is 0 Å². The third-order valence-corrected chi connectivity index (χ3v) is 2.27. The van der Waals surface area contributed by atoms with Gasteiger partial charge in [0.2, 0.25) is 0 Å². The molecule has 1 heterocycles. The molecule has 1 nitrogen and oxygen atoms in total. The molecule has 0 fully saturated rings. The van der Waals surface area contributed by atoms with Crippen LogP contribution in [-0.4, -0.2) is 11.0 Å². The van der Waals surface area contributed by atoms with Crippen molar-refractivity contribution in [2.24, 2.45) is 0 Å². The highest BCUT2D eigenvalue weighted by Crippen LogP contribution is 2.30. The van der Waals surface area contributed by atoms with Gasteiger partial charge >= 0.3 is 0 Å². The largest absolute Gasteiger partial charge is 0.387 e. The fourth-order valence-corrected chi connectivity index (χ4v) is 1.39. The van der Waals surface area contributed by atoms with E-state index in [-0.39, 0.29) is 10.9 Å². The summed E-state index contributed by atoms with van der Waals surface area (Å²) in [4.78, 5) is 0. The van der Waals surface area contributed by atoms with Crippen LogP contribution >= 0.6 is 10.9 Å². The Morgan fingerprint density at radius 3 is 2.14 bits per heavy atom. The van der Waals surface area contributed by atoms with Crippen molar-refractivity contribution in [2.45, 2.75) is 0 Å². The van der Waals surface area contributed by atoms with E-state index in [0.29, 0.717) is 5.94 Å². The summed E-state index contributed by atoms with van der Waals surface area (Å²) >= 11 is 0. The first kappa shape index (κ1) is 4.94. The second-order valence-corrected chi connectivity index (χ2v) is 3.25. The van der Waals surface area contributed by atoms with Gasteiger partial charge in [0.1, 0.15) is 0 Å². The van der Waals surface area contributed by atoms with Crippen LogP contribution in [0.5, 0.6) is 0 Å². The number of hydrogen-bond acceptors (Lipinski definition) is 1. The first-order valence-electron chi connectivity index (χ1n) is 2.15. The van der Waals surface area contributed by atoms with Crippen molar-refractivity contribution >= 4 is 10.9 Å². The molecule has 0 aromatic heterocycles. The van der Waals surface area contributed by atoms with Crippen molar-refractivity contribution in [1.29, 1.82) is 0 Å². The van der Waals surface area contributed by atoms with Crippen LogP contribution < -0.4 is 0 Å². The van der Waals surface area contributed by atoms with Gasteiger partial charge in [-0.25, -0.2) is 0 Å². The SMILES string of the molecule is OC[SH]1C=CC=C1. The standard InChI is InChI=1S/C5H8OS/c6-5-7-3-1-2-4-7/h1-4,6-7H,5H2. The van der Waals surface area contributed by atoms with E-state index in [1.54, 1.807) is 0 Å². The van der Waals surface area contributed by atoms with Crippen LogP contribution in [0.2, 0.25) is 0 Å². The Morgan fingerprint density at radius 2 is 1.86 bits per heavy atom. The molecule has 40 valence electrons. The van der Waals surface area contributed by atoms with Crippen molar-refractivity contribution in [2.75, 3.05) is 5.94 Å². The van der Waals surface area contributed by atoms with E-state index in [9.17, 15) is 0 Å². The van der Waals surface area contributed by atoms with E-state index in [1.165, 1.54) is 0 Å². The Bertz CT molecular complexity index is 94.6. The lowest BCUT2D eigenvalue weighted by Gasteiger charge is -2.00. The number of thiol groups is 1. The molecule has 0 radical (unpaired) electrons. The Balaban J connectivity index is 2.44. The molecule has 0 saturated heterocycles. The lowest BCUT2D eigenvalue weighted by molar-refractivity contribution is 0.375. The first-order chi connectivity index (χ1) is 3.43. The minimum atomic E-state index is -0.248. The molecule has 1 rings (SSSR count). The van der Waals surface area contributed by atoms with Gasteiger partial charge in [0, 0.05) is 0 Å². The maximum Gasteiger partial charge on any atom is 0.0775 e. The Labute approximate surface area is 45.7 Å². The van der Waals surface area contributed by atoms with E-state index < -0.39 is 0 Å². The Kier molecular flexibility index (Phi) is 1.54. The van der Waals surface area contributed by atoms with Gasteiger partial charge in [0.25, 0.3) is 0 Å². The molecule has 0 saturated carbocycles. The van der Waals surface area contributed by atoms with Gasteiger partial charge in [-0.3, -0.25) is 0 Å². The summed E-state index contributed by atoms with van der Waals surface area (Å²) in [5.74, 6) is 0.308. The van der Waals surface area contributed by atoms with Crippen LogP contribution in [0, 0.1) is 0 Å². The van der Waals surface area contributed by atoms with Crippen LogP contribution in [0.25, 0.3) is 0 Å². The van der Waals surface area contributed by atoms with Gasteiger partial charge in [-0.2, -0.15) is 10.9 Å². The minimum absolute atomic E-state index is 0.248. The number of aliphatic hydroxyl groups is 1. The summed E-state index contributed by atoms with van der Waals surface area (Å²) in [5, 5.41) is 12.6. The lowest BCUT2D eigenvalue weighted by atomic mass is 10.6. The average molecular weight is 116 g/mol. The minimum Gasteiger partial charge on any atom is -0.387 e. The molecule has 0 aliphatic carbocycles. The number of aliphatic hydroxyl groups excluding tert-OH is 1. The van der Waals surface area contributed by atoms with Gasteiger partial charge < -0.3 is 5.11 Å². The monoisotopic (exact) mass is 116 g/mol. The van der Waals surface area contributed by atoms with E-state index in [2.05, 4.69) is 0 Å². The second kappa shape index (κ2) is 2.19. The average Bonchev–Trinajstić information content (AvgIpc) is 2.14.